The minimum Gasteiger partial charge on any atom is -0.457 e. The normalized spacial score (nSPS) is 14.6. The number of phosphoric acid groups is 1. The van der Waals surface area contributed by atoms with Crippen LogP contribution in [0.4, 0.5) is 0 Å². The first kappa shape index (κ1) is 42.5. The standard InChI is InChI=1S/C33H61O10P/c1-3-5-7-9-11-12-13-14-15-16-17-19-21-23-25-33(37)43-31(27-35)29-41-44(38,39)40-28-30(26-34)42-32(36)24-22-20-18-10-8-6-4-2/h9,11,13-14,30-31,34-35H,3-8,10,12,15-29H2,1-2H3,(H,38,39)/b11-9-,14-13-. The van der Waals surface area contributed by atoms with Gasteiger partial charge in [0.1, 0.15) is 12.2 Å². The van der Waals surface area contributed by atoms with Crippen molar-refractivity contribution in [3.63, 3.8) is 0 Å². The third-order valence-electron chi connectivity index (χ3n) is 6.92. The molecule has 0 aromatic carbocycles. The van der Waals surface area contributed by atoms with Crippen LogP contribution in [0.5, 0.6) is 0 Å². The van der Waals surface area contributed by atoms with E-state index in [1.165, 1.54) is 32.1 Å². The molecule has 0 aromatic heterocycles. The molecule has 3 atom stereocenters. The lowest BCUT2D eigenvalue weighted by Crippen LogP contribution is -2.28. The number of allylic oxidation sites excluding steroid dienone is 4. The zero-order valence-electron chi connectivity index (χ0n) is 27.4. The summed E-state index contributed by atoms with van der Waals surface area (Å²) in [6.45, 7) is 2.06. The van der Waals surface area contributed by atoms with Gasteiger partial charge in [0.2, 0.25) is 0 Å². The Morgan fingerprint density at radius 2 is 1.02 bits per heavy atom. The van der Waals surface area contributed by atoms with E-state index < -0.39 is 58.4 Å². The molecule has 0 bridgehead atoms. The number of hydrogen-bond donors (Lipinski definition) is 3. The minimum atomic E-state index is -4.62. The van der Waals surface area contributed by atoms with Crippen molar-refractivity contribution in [1.29, 1.82) is 0 Å². The third-order valence-corrected chi connectivity index (χ3v) is 7.87. The summed E-state index contributed by atoms with van der Waals surface area (Å²) in [6, 6.07) is 0. The van der Waals surface area contributed by atoms with Gasteiger partial charge in [-0.25, -0.2) is 4.57 Å². The zero-order chi connectivity index (χ0) is 32.7. The molecule has 0 aliphatic heterocycles. The van der Waals surface area contributed by atoms with Gasteiger partial charge in [-0.15, -0.1) is 0 Å². The van der Waals surface area contributed by atoms with Crippen LogP contribution >= 0.6 is 7.82 Å². The van der Waals surface area contributed by atoms with E-state index in [2.05, 4.69) is 38.2 Å². The predicted octanol–water partition coefficient (Wildman–Crippen LogP) is 7.49. The Morgan fingerprint density at radius 3 is 1.48 bits per heavy atom. The van der Waals surface area contributed by atoms with Gasteiger partial charge in [0, 0.05) is 12.8 Å². The number of unbranched alkanes of at least 4 members (excludes halogenated alkanes) is 13. The van der Waals surface area contributed by atoms with E-state index in [0.29, 0.717) is 12.8 Å². The summed E-state index contributed by atoms with van der Waals surface area (Å²) < 4.78 is 32.2. The van der Waals surface area contributed by atoms with Crippen LogP contribution in [-0.4, -0.2) is 65.7 Å². The van der Waals surface area contributed by atoms with Crippen LogP contribution in [0.2, 0.25) is 0 Å². The highest BCUT2D eigenvalue weighted by atomic mass is 31.2. The monoisotopic (exact) mass is 648 g/mol. The van der Waals surface area contributed by atoms with E-state index in [1.807, 2.05) is 0 Å². The van der Waals surface area contributed by atoms with Crippen LogP contribution in [0.1, 0.15) is 136 Å². The fourth-order valence-electron chi connectivity index (χ4n) is 4.25. The summed E-state index contributed by atoms with van der Waals surface area (Å²) >= 11 is 0. The first-order valence-electron chi connectivity index (χ1n) is 16.8. The summed E-state index contributed by atoms with van der Waals surface area (Å²) in [4.78, 5) is 34.1. The number of carbonyl (C=O) groups excluding carboxylic acids is 2. The molecule has 0 rings (SSSR count). The van der Waals surface area contributed by atoms with Crippen molar-refractivity contribution in [2.24, 2.45) is 0 Å². The van der Waals surface area contributed by atoms with Crippen molar-refractivity contribution in [3.05, 3.63) is 24.3 Å². The molecule has 3 N–H and O–H groups in total. The zero-order valence-corrected chi connectivity index (χ0v) is 28.3. The van der Waals surface area contributed by atoms with Gasteiger partial charge in [0.15, 0.2) is 0 Å². The van der Waals surface area contributed by atoms with E-state index in [1.54, 1.807) is 0 Å². The Kier molecular flexibility index (Phi) is 29.1. The first-order valence-corrected chi connectivity index (χ1v) is 18.3. The smallest absolute Gasteiger partial charge is 0.457 e. The van der Waals surface area contributed by atoms with E-state index in [0.717, 1.165) is 64.2 Å². The van der Waals surface area contributed by atoms with Crippen molar-refractivity contribution in [1.82, 2.24) is 0 Å². The van der Waals surface area contributed by atoms with E-state index in [-0.39, 0.29) is 12.8 Å². The Morgan fingerprint density at radius 1 is 0.614 bits per heavy atom. The molecule has 0 amide bonds. The van der Waals surface area contributed by atoms with Crippen molar-refractivity contribution in [3.8, 4) is 0 Å². The van der Waals surface area contributed by atoms with Gasteiger partial charge in [-0.1, -0.05) is 109 Å². The van der Waals surface area contributed by atoms with Crippen molar-refractivity contribution >= 4 is 19.8 Å². The number of esters is 2. The average Bonchev–Trinajstić information content (AvgIpc) is 3.01. The second-order valence-electron chi connectivity index (χ2n) is 11.1. The molecule has 11 heteroatoms. The molecule has 44 heavy (non-hydrogen) atoms. The van der Waals surface area contributed by atoms with Gasteiger partial charge in [0.25, 0.3) is 0 Å². The lowest BCUT2D eigenvalue weighted by Gasteiger charge is -2.20. The maximum absolute atomic E-state index is 12.2. The predicted molar refractivity (Wildman–Crippen MR) is 173 cm³/mol. The molecule has 0 radical (unpaired) electrons. The summed E-state index contributed by atoms with van der Waals surface area (Å²) in [5, 5.41) is 18.9. The quantitative estimate of drug-likeness (QED) is 0.0299. The van der Waals surface area contributed by atoms with Gasteiger partial charge >= 0.3 is 19.8 Å². The van der Waals surface area contributed by atoms with Crippen LogP contribution in [0, 0.1) is 0 Å². The molecule has 0 saturated carbocycles. The topological polar surface area (TPSA) is 149 Å². The highest BCUT2D eigenvalue weighted by molar-refractivity contribution is 7.47. The number of rotatable bonds is 31. The van der Waals surface area contributed by atoms with Crippen LogP contribution in [0.15, 0.2) is 24.3 Å². The molecule has 0 aliphatic rings. The molecular weight excluding hydrogens is 587 g/mol. The summed E-state index contributed by atoms with van der Waals surface area (Å²) in [7, 11) is -4.62. The van der Waals surface area contributed by atoms with Crippen LogP contribution in [-0.2, 0) is 32.7 Å². The van der Waals surface area contributed by atoms with Gasteiger partial charge in [0.05, 0.1) is 26.4 Å². The Balaban J connectivity index is 4.05. The number of aliphatic hydroxyl groups is 2. The van der Waals surface area contributed by atoms with Gasteiger partial charge in [-0.3, -0.25) is 18.6 Å². The largest absolute Gasteiger partial charge is 0.472 e. The van der Waals surface area contributed by atoms with Crippen molar-refractivity contribution < 1.29 is 47.8 Å². The molecule has 0 aromatic rings. The average molecular weight is 649 g/mol. The van der Waals surface area contributed by atoms with Crippen molar-refractivity contribution in [2.75, 3.05) is 26.4 Å². The Bertz CT molecular complexity index is 801. The molecule has 0 spiro atoms. The van der Waals surface area contributed by atoms with Gasteiger partial charge in [-0.05, 0) is 38.5 Å². The molecular formula is C33H61O10P. The number of carbonyl (C=O) groups is 2. The Hall–Kier alpha value is -1.55. The number of ether oxygens (including phenoxy) is 2. The maximum atomic E-state index is 12.2. The SMILES string of the molecule is CCCC/C=C\C/C=C\CCCCCCCC(=O)OC(CO)COP(=O)(O)OCC(CO)OC(=O)CCCCCCCCC. The van der Waals surface area contributed by atoms with E-state index in [4.69, 9.17) is 18.5 Å². The van der Waals surface area contributed by atoms with E-state index in [9.17, 15) is 29.3 Å². The highest BCUT2D eigenvalue weighted by Crippen LogP contribution is 2.43. The molecule has 0 heterocycles. The lowest BCUT2D eigenvalue weighted by atomic mass is 10.1. The van der Waals surface area contributed by atoms with Crippen LogP contribution in [0.3, 0.4) is 0 Å². The second kappa shape index (κ2) is 30.1. The van der Waals surface area contributed by atoms with Crippen LogP contribution in [0.25, 0.3) is 0 Å². The number of hydrogen-bond acceptors (Lipinski definition) is 9. The fourth-order valence-corrected chi connectivity index (χ4v) is 5.03. The molecule has 0 fully saturated rings. The summed E-state index contributed by atoms with van der Waals surface area (Å²) in [5.41, 5.74) is 0. The molecule has 10 nitrogen and oxygen atoms in total. The summed E-state index contributed by atoms with van der Waals surface area (Å²) in [5.74, 6) is -1.04. The fraction of sp³-hybridized carbons (Fsp3) is 0.818. The number of aliphatic hydroxyl groups excluding tert-OH is 2. The minimum absolute atomic E-state index is 0.177. The Labute approximate surface area is 266 Å². The molecule has 258 valence electrons. The number of phosphoric ester groups is 1. The van der Waals surface area contributed by atoms with Crippen molar-refractivity contribution in [2.45, 2.75) is 148 Å². The third kappa shape index (κ3) is 28.0. The van der Waals surface area contributed by atoms with Crippen LogP contribution < -0.4 is 0 Å². The first-order chi connectivity index (χ1) is 21.3. The molecule has 3 unspecified atom stereocenters. The molecule has 0 saturated heterocycles. The summed E-state index contributed by atoms with van der Waals surface area (Å²) in [6.07, 6.45) is 24.7. The molecule has 0 aliphatic carbocycles. The lowest BCUT2D eigenvalue weighted by molar-refractivity contribution is -0.153. The van der Waals surface area contributed by atoms with E-state index >= 15 is 0 Å². The second-order valence-corrected chi connectivity index (χ2v) is 12.6. The maximum Gasteiger partial charge on any atom is 0.472 e. The highest BCUT2D eigenvalue weighted by Gasteiger charge is 2.27. The van der Waals surface area contributed by atoms with Gasteiger partial charge < -0.3 is 24.6 Å². The van der Waals surface area contributed by atoms with Gasteiger partial charge in [-0.2, -0.15) is 0 Å².